The number of Topliss-reactive ketones (excluding diaryl/α,β-unsaturated/α-hetero) is 2. The molecule has 0 bridgehead atoms. The first-order valence-electron chi connectivity index (χ1n) is 14.8. The molecule has 0 saturated heterocycles. The van der Waals surface area contributed by atoms with Crippen LogP contribution in [0.5, 0.6) is 0 Å². The second-order valence-electron chi connectivity index (χ2n) is 12.6. The lowest BCUT2D eigenvalue weighted by atomic mass is 9.73. The van der Waals surface area contributed by atoms with Crippen LogP contribution >= 0.6 is 0 Å². The van der Waals surface area contributed by atoms with Crippen molar-refractivity contribution in [2.45, 2.75) is 78.2 Å². The Kier molecular flexibility index (Phi) is 9.86. The van der Waals surface area contributed by atoms with Crippen molar-refractivity contribution in [2.75, 3.05) is 13.2 Å². The first-order chi connectivity index (χ1) is 20.0. The maximum Gasteiger partial charge on any atom is 0.407 e. The lowest BCUT2D eigenvalue weighted by molar-refractivity contribution is -0.139. The maximum absolute atomic E-state index is 12.9. The minimum Gasteiger partial charge on any atom is -0.480 e. The third kappa shape index (κ3) is 7.46. The molecule has 0 aromatic heterocycles. The Labute approximate surface area is 247 Å². The van der Waals surface area contributed by atoms with E-state index in [0.717, 1.165) is 22.3 Å². The summed E-state index contributed by atoms with van der Waals surface area (Å²) in [5.74, 6) is -1.39. The van der Waals surface area contributed by atoms with Crippen molar-refractivity contribution in [3.05, 3.63) is 70.9 Å². The summed E-state index contributed by atoms with van der Waals surface area (Å²) in [7, 11) is 0. The molecule has 0 heterocycles. The first kappa shape index (κ1) is 31.0. The Balaban J connectivity index is 1.27. The Bertz CT molecular complexity index is 1310. The number of unbranched alkanes of at least 4 members (excludes halogenated alkanes) is 1. The average Bonchev–Trinajstić information content (AvgIpc) is 3.23. The highest BCUT2D eigenvalue weighted by Crippen LogP contribution is 2.44. The number of amides is 1. The molecule has 1 fully saturated rings. The third-order valence-corrected chi connectivity index (χ3v) is 7.93. The molecule has 1 saturated carbocycles. The van der Waals surface area contributed by atoms with Crippen LogP contribution in [0.4, 0.5) is 4.79 Å². The summed E-state index contributed by atoms with van der Waals surface area (Å²) < 4.78 is 5.57. The fourth-order valence-electron chi connectivity index (χ4n) is 6.02. The van der Waals surface area contributed by atoms with Gasteiger partial charge in [-0.25, -0.2) is 9.59 Å². The standard InChI is InChI=1S/C34H42N2O6/c1-21(2)17-28(31-29(37)18-34(3,4)19-30(31)38)36-27(32(39)40)15-9-10-16-35-33(41)42-20-26-24-13-7-5-11-22(24)23-12-6-8-14-25(23)26/h5-8,11-14,21,26-27,36H,9-10,15-20H2,1-4H3,(H,35,41)(H,39,40)/t27-/m0/s1. The summed E-state index contributed by atoms with van der Waals surface area (Å²) in [6.07, 6.45) is 1.79. The normalized spacial score (nSPS) is 16.5. The average molecular weight is 575 g/mol. The molecule has 0 aliphatic heterocycles. The minimum absolute atomic E-state index is 0.0197. The Morgan fingerprint density at radius 2 is 1.52 bits per heavy atom. The highest BCUT2D eigenvalue weighted by atomic mass is 16.5. The van der Waals surface area contributed by atoms with Gasteiger partial charge >= 0.3 is 12.1 Å². The molecule has 2 aromatic rings. The molecule has 0 unspecified atom stereocenters. The van der Waals surface area contributed by atoms with Crippen LogP contribution in [0.2, 0.25) is 0 Å². The number of benzene rings is 2. The summed E-state index contributed by atoms with van der Waals surface area (Å²) >= 11 is 0. The van der Waals surface area contributed by atoms with E-state index in [1.54, 1.807) is 0 Å². The number of rotatable bonds is 12. The maximum atomic E-state index is 12.9. The van der Waals surface area contributed by atoms with E-state index < -0.39 is 23.5 Å². The molecular weight excluding hydrogens is 532 g/mol. The van der Waals surface area contributed by atoms with E-state index in [1.807, 2.05) is 52.0 Å². The van der Waals surface area contributed by atoms with Crippen molar-refractivity contribution in [3.8, 4) is 11.1 Å². The number of hydrogen-bond donors (Lipinski definition) is 3. The number of fused-ring (bicyclic) bond motifs is 3. The molecular formula is C34H42N2O6. The van der Waals surface area contributed by atoms with Gasteiger partial charge < -0.3 is 20.5 Å². The van der Waals surface area contributed by atoms with Crippen LogP contribution in [0.1, 0.15) is 83.3 Å². The molecule has 3 N–H and O–H groups in total. The van der Waals surface area contributed by atoms with Gasteiger partial charge in [0, 0.05) is 31.0 Å². The summed E-state index contributed by atoms with van der Waals surface area (Å²) in [6, 6.07) is 15.4. The Morgan fingerprint density at radius 1 is 0.952 bits per heavy atom. The number of nitrogens with one attached hydrogen (secondary N) is 2. The van der Waals surface area contributed by atoms with E-state index in [-0.39, 0.29) is 54.8 Å². The van der Waals surface area contributed by atoms with Crippen molar-refractivity contribution in [1.29, 1.82) is 0 Å². The molecule has 0 radical (unpaired) electrons. The molecule has 224 valence electrons. The fraction of sp³-hybridized carbons (Fsp3) is 0.471. The summed E-state index contributed by atoms with van der Waals surface area (Å²) in [6.45, 7) is 8.29. The second-order valence-corrected chi connectivity index (χ2v) is 12.6. The van der Waals surface area contributed by atoms with Gasteiger partial charge in [0.15, 0.2) is 11.6 Å². The van der Waals surface area contributed by atoms with Gasteiger partial charge in [-0.2, -0.15) is 0 Å². The fourth-order valence-corrected chi connectivity index (χ4v) is 6.02. The number of alkyl carbamates (subject to hydrolysis) is 1. The number of hydrogen-bond acceptors (Lipinski definition) is 6. The SMILES string of the molecule is CC(C)CC(N[C@@H](CCCCNC(=O)OCC1c2ccccc2-c2ccccc21)C(=O)O)=C1C(=O)CC(C)(C)CC1=O. The summed E-state index contributed by atoms with van der Waals surface area (Å²) in [4.78, 5) is 50.3. The molecule has 8 nitrogen and oxygen atoms in total. The van der Waals surface area contributed by atoms with Gasteiger partial charge in [-0.15, -0.1) is 0 Å². The van der Waals surface area contributed by atoms with Crippen LogP contribution in [-0.2, 0) is 19.1 Å². The van der Waals surface area contributed by atoms with Gasteiger partial charge in [0.25, 0.3) is 0 Å². The lowest BCUT2D eigenvalue weighted by Gasteiger charge is -2.31. The zero-order valence-electron chi connectivity index (χ0n) is 25.0. The van der Waals surface area contributed by atoms with Crippen LogP contribution in [0.25, 0.3) is 11.1 Å². The van der Waals surface area contributed by atoms with Gasteiger partial charge in [0.05, 0.1) is 5.57 Å². The van der Waals surface area contributed by atoms with Crippen molar-refractivity contribution >= 4 is 23.6 Å². The van der Waals surface area contributed by atoms with Gasteiger partial charge in [0.1, 0.15) is 12.6 Å². The van der Waals surface area contributed by atoms with Crippen molar-refractivity contribution in [1.82, 2.24) is 10.6 Å². The first-order valence-corrected chi connectivity index (χ1v) is 14.8. The lowest BCUT2D eigenvalue weighted by Crippen LogP contribution is -2.40. The second kappa shape index (κ2) is 13.4. The predicted octanol–water partition coefficient (Wildman–Crippen LogP) is 6.00. The van der Waals surface area contributed by atoms with E-state index in [0.29, 0.717) is 31.5 Å². The van der Waals surface area contributed by atoms with E-state index in [9.17, 15) is 24.3 Å². The number of carbonyl (C=O) groups is 4. The van der Waals surface area contributed by atoms with Crippen LogP contribution in [0.15, 0.2) is 59.8 Å². The number of allylic oxidation sites excluding steroid dienone is 2. The third-order valence-electron chi connectivity index (χ3n) is 7.93. The molecule has 1 atom stereocenters. The van der Waals surface area contributed by atoms with Crippen LogP contribution in [-0.4, -0.2) is 47.9 Å². The van der Waals surface area contributed by atoms with Gasteiger partial charge in [-0.05, 0) is 59.3 Å². The Morgan fingerprint density at radius 3 is 2.07 bits per heavy atom. The number of ketones is 2. The molecule has 1 amide bonds. The molecule has 4 rings (SSSR count). The Hall–Kier alpha value is -3.94. The number of ether oxygens (including phenoxy) is 1. The number of aliphatic carboxylic acids is 1. The van der Waals surface area contributed by atoms with Crippen LogP contribution in [0, 0.1) is 11.3 Å². The number of carboxylic acid groups (broad SMARTS) is 1. The van der Waals surface area contributed by atoms with Crippen molar-refractivity contribution in [2.24, 2.45) is 11.3 Å². The summed E-state index contributed by atoms with van der Waals surface area (Å²) in [5, 5.41) is 15.7. The summed E-state index contributed by atoms with van der Waals surface area (Å²) in [5.41, 5.74) is 4.78. The van der Waals surface area contributed by atoms with Gasteiger partial charge in [-0.1, -0.05) is 76.2 Å². The molecule has 42 heavy (non-hydrogen) atoms. The van der Waals surface area contributed by atoms with Gasteiger partial charge in [0.2, 0.25) is 0 Å². The molecule has 2 aliphatic rings. The van der Waals surface area contributed by atoms with E-state index >= 15 is 0 Å². The quantitative estimate of drug-likeness (QED) is 0.162. The van der Waals surface area contributed by atoms with Gasteiger partial charge in [-0.3, -0.25) is 9.59 Å². The van der Waals surface area contributed by atoms with Crippen molar-refractivity contribution in [3.63, 3.8) is 0 Å². The highest BCUT2D eigenvalue weighted by Gasteiger charge is 2.38. The number of carboxylic acids is 1. The molecule has 0 spiro atoms. The monoisotopic (exact) mass is 574 g/mol. The topological polar surface area (TPSA) is 122 Å². The van der Waals surface area contributed by atoms with E-state index in [1.165, 1.54) is 0 Å². The predicted molar refractivity (Wildman–Crippen MR) is 161 cm³/mol. The minimum atomic E-state index is -1.04. The smallest absolute Gasteiger partial charge is 0.407 e. The van der Waals surface area contributed by atoms with Crippen LogP contribution < -0.4 is 10.6 Å². The van der Waals surface area contributed by atoms with Crippen molar-refractivity contribution < 1.29 is 29.0 Å². The number of carbonyl (C=O) groups excluding carboxylic acids is 3. The zero-order valence-corrected chi connectivity index (χ0v) is 25.0. The largest absolute Gasteiger partial charge is 0.480 e. The van der Waals surface area contributed by atoms with E-state index in [4.69, 9.17) is 4.74 Å². The zero-order chi connectivity index (χ0) is 30.4. The van der Waals surface area contributed by atoms with E-state index in [2.05, 4.69) is 34.9 Å². The molecule has 2 aliphatic carbocycles. The molecule has 8 heteroatoms. The molecule has 2 aromatic carbocycles. The van der Waals surface area contributed by atoms with Crippen LogP contribution in [0.3, 0.4) is 0 Å². The highest BCUT2D eigenvalue weighted by molar-refractivity contribution is 6.22.